The lowest BCUT2D eigenvalue weighted by Crippen LogP contribution is -2.42. The Kier molecular flexibility index (Phi) is 24.0. The first kappa shape index (κ1) is 78.8. The Hall–Kier alpha value is -10.4. The minimum absolute atomic E-state index is 0.0924. The number of piperidine rings is 1. The smallest absolute Gasteiger partial charge is 0.416 e. The monoisotopic (exact) mass is 1670 g/mol. The van der Waals surface area contributed by atoms with E-state index >= 15 is 0 Å². The van der Waals surface area contributed by atoms with Gasteiger partial charge in [0, 0.05) is 119 Å². The summed E-state index contributed by atoms with van der Waals surface area (Å²) in [6.07, 6.45) is 6.52. The van der Waals surface area contributed by atoms with Crippen molar-refractivity contribution in [3.63, 3.8) is 0 Å². The van der Waals surface area contributed by atoms with Crippen LogP contribution in [0.4, 0.5) is 20.1 Å². The van der Waals surface area contributed by atoms with E-state index in [2.05, 4.69) is 41.9 Å². The van der Waals surface area contributed by atoms with Crippen molar-refractivity contribution < 1.29 is 51.6 Å². The number of aliphatic hydroxyl groups excluding tert-OH is 1. The van der Waals surface area contributed by atoms with Crippen LogP contribution in [0.25, 0.3) is 32.7 Å². The zero-order valence-electron chi connectivity index (χ0n) is 61.6. The number of nitrogens with zero attached hydrogens (tertiary/aromatic N) is 7. The second-order valence-corrected chi connectivity index (χ2v) is 32.7. The summed E-state index contributed by atoms with van der Waals surface area (Å²) in [6.45, 7) is 4.67. The summed E-state index contributed by atoms with van der Waals surface area (Å²) in [5.41, 5.74) is 12.1. The predicted octanol–water partition coefficient (Wildman–Crippen LogP) is 19.0. The van der Waals surface area contributed by atoms with E-state index < -0.39 is 46.5 Å². The Morgan fingerprint density at radius 3 is 1.38 bits per heavy atom. The van der Waals surface area contributed by atoms with Crippen LogP contribution in [0.3, 0.4) is 0 Å². The number of halogens is 6. The third kappa shape index (κ3) is 18.4. The molecule has 0 aliphatic carbocycles. The topological polar surface area (TPSA) is 255 Å². The number of aliphatic hydroxyl groups is 1. The van der Waals surface area contributed by atoms with Crippen molar-refractivity contribution in [3.05, 3.63) is 293 Å². The van der Waals surface area contributed by atoms with Crippen molar-refractivity contribution in [1.29, 1.82) is 0 Å². The van der Waals surface area contributed by atoms with Crippen LogP contribution in [-0.4, -0.2) is 147 Å². The third-order valence-electron chi connectivity index (χ3n) is 20.5. The number of hydrogen-bond donors (Lipinski definition) is 5. The molecule has 1 fully saturated rings. The Morgan fingerprint density at radius 1 is 0.526 bits per heavy atom. The molecule has 3 amide bonds. The fraction of sp³-hybridized carbons (Fsp3) is 0.235. The van der Waals surface area contributed by atoms with Gasteiger partial charge in [-0.3, -0.25) is 19.4 Å². The maximum absolute atomic E-state index is 13.5. The van der Waals surface area contributed by atoms with Gasteiger partial charge in [0.05, 0.1) is 30.6 Å². The van der Waals surface area contributed by atoms with Crippen molar-refractivity contribution in [3.8, 4) is 28.7 Å². The predicted molar refractivity (Wildman–Crippen MR) is 444 cm³/mol. The van der Waals surface area contributed by atoms with E-state index in [9.17, 15) is 27.9 Å². The van der Waals surface area contributed by atoms with Gasteiger partial charge in [-0.15, -0.1) is 5.10 Å². The number of nitrogens with one attached hydrogen (secondary N) is 4. The standard InChI is InChI=1S/C31H31Cl2N3O3.C29H25Cl2N5O4.C25H21Cl2N3O4S/c1-35-15-4-5-20(18-35)19-38-23-11-8-21(9-12-23)30-29-24(25-17-22(32)10-13-27(25)34-29)14-16-36(30)31(37)39-28-7-3-2-6-26(28)33;30-19-3-8-23(9-4-19)40-29(38)36-13-11-24-25-15-20(31)5-10-26(25)33-27(24)28(36)18-1-6-22(7-2-18)39-17-21(37)16-35-14-12-32-34-35;1-35(32,33)29-18-7-2-15(3-8-18)24-23-20(21-14-17(27)6-11-22(21)28-23)12-13-30(24)25(31)34-19-9-4-16(26)5-10-19/h2-3,6-13,17,20,30,34H,4-5,14-16,18-19H2,1H3;1-10,12,14-15,21,28,33,37H,11,13,16-17H2;2-11,14,24,28-29H,12-13H2,1H3. The van der Waals surface area contributed by atoms with Crippen molar-refractivity contribution >= 4 is 136 Å². The van der Waals surface area contributed by atoms with Crippen LogP contribution in [0.5, 0.6) is 28.7 Å². The number of ether oxygens (including phenoxy) is 5. The van der Waals surface area contributed by atoms with Crippen molar-refractivity contribution in [2.45, 2.75) is 62.9 Å². The Bertz CT molecular complexity index is 5740. The van der Waals surface area contributed by atoms with Gasteiger partial charge in [-0.25, -0.2) is 27.5 Å². The van der Waals surface area contributed by atoms with Crippen LogP contribution in [0.2, 0.25) is 30.1 Å². The van der Waals surface area contributed by atoms with Crippen LogP contribution in [0.1, 0.15) is 81.4 Å². The number of likely N-dealkylation sites (tertiary alicyclic amines) is 1. The molecule has 17 rings (SSSR count). The van der Waals surface area contributed by atoms with E-state index in [-0.39, 0.29) is 19.2 Å². The Morgan fingerprint density at radius 2 is 0.947 bits per heavy atom. The van der Waals surface area contributed by atoms with E-state index in [1.54, 1.807) is 129 Å². The fourth-order valence-corrected chi connectivity index (χ4v) is 16.8. The molecule has 0 radical (unpaired) electrons. The largest absolute Gasteiger partial charge is 0.493 e. The highest BCUT2D eigenvalue weighted by Crippen LogP contribution is 2.45. The molecule has 0 saturated carbocycles. The van der Waals surface area contributed by atoms with E-state index in [0.717, 1.165) is 103 Å². The first-order valence-corrected chi connectivity index (χ1v) is 41.1. The number of aromatic amines is 3. The lowest BCUT2D eigenvalue weighted by molar-refractivity contribution is 0.0888. The number of sulfonamides is 1. The number of fused-ring (bicyclic) bond motifs is 9. The summed E-state index contributed by atoms with van der Waals surface area (Å²) in [6, 6.07) is 58.8. The number of hydrogen-bond acceptors (Lipinski definition) is 14. The molecule has 114 heavy (non-hydrogen) atoms. The van der Waals surface area contributed by atoms with Crippen molar-refractivity contribution in [1.82, 2.24) is 49.5 Å². The molecule has 4 aliphatic heterocycles. The first-order chi connectivity index (χ1) is 55.1. The lowest BCUT2D eigenvalue weighted by atomic mass is 9.92. The maximum Gasteiger partial charge on any atom is 0.416 e. The minimum Gasteiger partial charge on any atom is -0.493 e. The molecule has 0 bridgehead atoms. The van der Waals surface area contributed by atoms with E-state index in [1.165, 1.54) is 18.4 Å². The number of amides is 3. The Balaban J connectivity index is 0.000000135. The number of rotatable bonds is 16. The molecule has 4 aliphatic rings. The van der Waals surface area contributed by atoms with E-state index in [0.29, 0.717) is 110 Å². The van der Waals surface area contributed by atoms with Gasteiger partial charge in [-0.1, -0.05) is 123 Å². The second kappa shape index (κ2) is 34.7. The highest BCUT2D eigenvalue weighted by atomic mass is 35.5. The van der Waals surface area contributed by atoms with Gasteiger partial charge in [0.2, 0.25) is 10.0 Å². The number of H-pyrrole nitrogens is 3. The van der Waals surface area contributed by atoms with Gasteiger partial charge in [-0.05, 0) is 231 Å². The molecular weight excluding hydrogens is 1600 g/mol. The highest BCUT2D eigenvalue weighted by molar-refractivity contribution is 7.92. The molecule has 0 spiro atoms. The van der Waals surface area contributed by atoms with Crippen LogP contribution in [-0.2, 0) is 35.8 Å². The number of aromatic nitrogens is 6. The molecule has 22 nitrogen and oxygen atoms in total. The van der Waals surface area contributed by atoms with Gasteiger partial charge in [-0.2, -0.15) is 0 Å². The molecule has 8 heterocycles. The third-order valence-corrected chi connectivity index (χ3v) is 22.6. The SMILES string of the molecule is CN1CCCC(COc2ccc(C3c4[nH]c5ccc(Cl)cc5c4CCN3C(=O)Oc3ccccc3Cl)cc2)C1.CS(=O)(=O)Nc1ccc(C2c3[nH]c4ccc(Cl)cc4c3CCN2C(=O)Oc2ccc(Cl)cc2)cc1.O=C(Oc1ccc(Cl)cc1)N1CCc2c([nH]c3ccc(Cl)cc23)C1c1ccc(OCC(O)Cn2ccnn2)cc1. The lowest BCUT2D eigenvalue weighted by Gasteiger charge is -2.35. The normalized spacial score (nSPS) is 17.0. The average molecular weight is 1670 g/mol. The summed E-state index contributed by atoms with van der Waals surface area (Å²) in [5.74, 6) is 3.11. The van der Waals surface area contributed by atoms with E-state index in [4.69, 9.17) is 93.3 Å². The molecule has 5 atom stereocenters. The number of anilines is 1. The Labute approximate surface area is 687 Å². The van der Waals surface area contributed by atoms with Crippen molar-refractivity contribution in [2.75, 3.05) is 64.0 Å². The van der Waals surface area contributed by atoms with Crippen LogP contribution in [0, 0.1) is 5.92 Å². The fourth-order valence-electron chi connectivity index (χ4n) is 15.3. The first-order valence-electron chi connectivity index (χ1n) is 36.9. The summed E-state index contributed by atoms with van der Waals surface area (Å²) >= 11 is 37.1. The van der Waals surface area contributed by atoms with Crippen LogP contribution in [0.15, 0.2) is 213 Å². The quantitative estimate of drug-likeness (QED) is 0.0603. The van der Waals surface area contributed by atoms with Gasteiger partial charge in [0.15, 0.2) is 5.75 Å². The molecule has 5 unspecified atom stereocenters. The summed E-state index contributed by atoms with van der Waals surface area (Å²) in [4.78, 5) is 58.4. The number of para-hydroxylation sites is 1. The van der Waals surface area contributed by atoms with Gasteiger partial charge in [0.25, 0.3) is 0 Å². The average Bonchev–Trinajstić information content (AvgIpc) is 1.60. The van der Waals surface area contributed by atoms with Gasteiger partial charge < -0.3 is 48.6 Å². The molecular formula is C85H77Cl6N11O11S. The van der Waals surface area contributed by atoms with Gasteiger partial charge in [0.1, 0.15) is 53.8 Å². The zero-order valence-corrected chi connectivity index (χ0v) is 67.0. The van der Waals surface area contributed by atoms with Crippen LogP contribution < -0.4 is 28.4 Å². The van der Waals surface area contributed by atoms with Gasteiger partial charge >= 0.3 is 18.3 Å². The number of carbonyl (C=O) groups is 3. The highest BCUT2D eigenvalue weighted by Gasteiger charge is 2.40. The second-order valence-electron chi connectivity index (χ2n) is 28.4. The number of carbonyl (C=O) groups excluding carboxylic acids is 3. The molecule has 586 valence electrons. The molecule has 29 heteroatoms. The summed E-state index contributed by atoms with van der Waals surface area (Å²) < 4.78 is 56.4. The number of benzene rings is 9. The molecule has 4 aromatic heterocycles. The molecule has 1 saturated heterocycles. The zero-order chi connectivity index (χ0) is 79.3. The van der Waals surface area contributed by atoms with Crippen LogP contribution >= 0.6 is 69.6 Å². The maximum atomic E-state index is 13.5. The summed E-state index contributed by atoms with van der Waals surface area (Å²) in [5, 5.41) is 24.5. The van der Waals surface area contributed by atoms with E-state index in [1.807, 2.05) is 103 Å². The molecule has 5 N–H and O–H groups in total. The molecule has 9 aromatic carbocycles. The van der Waals surface area contributed by atoms with Crippen molar-refractivity contribution in [2.24, 2.45) is 5.92 Å². The summed E-state index contributed by atoms with van der Waals surface area (Å²) in [7, 11) is -1.24. The minimum atomic E-state index is -3.41. The molecule has 13 aromatic rings.